The Kier molecular flexibility index (Phi) is 4.77. The number of nitro benzene ring substituents is 2. The average Bonchev–Trinajstić information content (AvgIpc) is 2.49. The van der Waals surface area contributed by atoms with Crippen LogP contribution in [0.25, 0.3) is 0 Å². The van der Waals surface area contributed by atoms with Gasteiger partial charge in [0.15, 0.2) is 0 Å². The molecule has 2 rings (SSSR count). The van der Waals surface area contributed by atoms with E-state index >= 15 is 0 Å². The number of rotatable bonds is 4. The summed E-state index contributed by atoms with van der Waals surface area (Å²) in [5.41, 5.74) is -1.35. The van der Waals surface area contributed by atoms with E-state index in [9.17, 15) is 25.0 Å². The molecule has 0 unspecified atom stereocenters. The zero-order valence-electron chi connectivity index (χ0n) is 11.2. The summed E-state index contributed by atoms with van der Waals surface area (Å²) in [6, 6.07) is 7.62. The predicted molar refractivity (Wildman–Crippen MR) is 84.2 cm³/mol. The Morgan fingerprint density at radius 2 is 1.61 bits per heavy atom. The molecule has 2 aromatic carbocycles. The number of nitrogens with one attached hydrogen (secondary N) is 1. The number of carbonyl (C=O) groups excluding carboxylic acids is 1. The Labute approximate surface area is 138 Å². The number of nitro groups is 2. The number of halogens is 2. The number of non-ortho nitro benzene ring substituents is 1. The van der Waals surface area contributed by atoms with E-state index in [1.165, 1.54) is 24.3 Å². The smallest absolute Gasteiger partial charge is 0.295 e. The first-order valence-electron chi connectivity index (χ1n) is 5.99. The number of nitrogens with zero attached hydrogens (tertiary/aromatic N) is 2. The van der Waals surface area contributed by atoms with Crippen molar-refractivity contribution in [1.82, 2.24) is 0 Å². The van der Waals surface area contributed by atoms with Crippen LogP contribution in [0.5, 0.6) is 0 Å². The number of hydrogen-bond acceptors (Lipinski definition) is 5. The second kappa shape index (κ2) is 6.59. The van der Waals surface area contributed by atoms with Gasteiger partial charge in [-0.25, -0.2) is 0 Å². The molecule has 10 heteroatoms. The van der Waals surface area contributed by atoms with Gasteiger partial charge in [0.25, 0.3) is 17.3 Å². The third kappa shape index (κ3) is 3.74. The van der Waals surface area contributed by atoms with Crippen LogP contribution in [0.2, 0.25) is 10.0 Å². The minimum atomic E-state index is -0.894. The van der Waals surface area contributed by atoms with E-state index in [1.54, 1.807) is 0 Å². The maximum atomic E-state index is 12.2. The van der Waals surface area contributed by atoms with E-state index in [-0.39, 0.29) is 5.56 Å². The first-order valence-corrected chi connectivity index (χ1v) is 6.74. The molecule has 1 N–H and O–H groups in total. The molecule has 0 aromatic heterocycles. The van der Waals surface area contributed by atoms with Crippen LogP contribution in [0.1, 0.15) is 10.4 Å². The van der Waals surface area contributed by atoms with E-state index in [2.05, 4.69) is 5.32 Å². The maximum absolute atomic E-state index is 12.2. The first kappa shape index (κ1) is 16.7. The lowest BCUT2D eigenvalue weighted by Gasteiger charge is -2.07. The fourth-order valence-corrected chi connectivity index (χ4v) is 2.12. The molecule has 0 spiro atoms. The average molecular weight is 356 g/mol. The molecule has 0 aliphatic carbocycles. The highest BCUT2D eigenvalue weighted by molar-refractivity contribution is 6.36. The standard InChI is InChI=1S/C13H7Cl2N3O5/c14-7-1-3-8(4-2-7)16-13(19)10-5-9(17(20)21)6-11(12(10)15)18(22)23/h1-6H,(H,16,19). The Morgan fingerprint density at radius 1 is 1.00 bits per heavy atom. The van der Waals surface area contributed by atoms with E-state index in [0.29, 0.717) is 16.8 Å². The van der Waals surface area contributed by atoms with E-state index in [1.807, 2.05) is 0 Å². The minimum Gasteiger partial charge on any atom is -0.322 e. The molecule has 0 bridgehead atoms. The zero-order chi connectivity index (χ0) is 17.1. The van der Waals surface area contributed by atoms with Crippen molar-refractivity contribution < 1.29 is 14.6 Å². The summed E-state index contributed by atoms with van der Waals surface area (Å²) in [7, 11) is 0. The lowest BCUT2D eigenvalue weighted by Crippen LogP contribution is -2.13. The molecule has 0 saturated carbocycles. The van der Waals surface area contributed by atoms with Gasteiger partial charge < -0.3 is 5.32 Å². The van der Waals surface area contributed by atoms with Crippen molar-refractivity contribution in [1.29, 1.82) is 0 Å². The second-order valence-corrected chi connectivity index (χ2v) is 5.12. The van der Waals surface area contributed by atoms with Gasteiger partial charge in [-0.05, 0) is 24.3 Å². The largest absolute Gasteiger partial charge is 0.322 e. The van der Waals surface area contributed by atoms with Gasteiger partial charge >= 0.3 is 0 Å². The Bertz CT molecular complexity index is 808. The SMILES string of the molecule is O=C(Nc1ccc(Cl)cc1)c1cc([N+](=O)[O-])cc([N+](=O)[O-])c1Cl. The lowest BCUT2D eigenvalue weighted by atomic mass is 10.1. The molecule has 8 nitrogen and oxygen atoms in total. The van der Waals surface area contributed by atoms with Crippen molar-refractivity contribution in [3.63, 3.8) is 0 Å². The monoisotopic (exact) mass is 355 g/mol. The predicted octanol–water partition coefficient (Wildman–Crippen LogP) is 4.06. The Hall–Kier alpha value is -2.71. The van der Waals surface area contributed by atoms with Gasteiger partial charge in [-0.2, -0.15) is 0 Å². The Balaban J connectivity index is 2.44. The van der Waals surface area contributed by atoms with Gasteiger partial charge in [0.1, 0.15) is 5.02 Å². The molecule has 118 valence electrons. The van der Waals surface area contributed by atoms with E-state index in [0.717, 1.165) is 6.07 Å². The summed E-state index contributed by atoms with van der Waals surface area (Å²) in [6.07, 6.45) is 0. The van der Waals surface area contributed by atoms with Crippen molar-refractivity contribution in [2.45, 2.75) is 0 Å². The van der Waals surface area contributed by atoms with Crippen LogP contribution in [-0.4, -0.2) is 15.8 Å². The van der Waals surface area contributed by atoms with Crippen LogP contribution in [0, 0.1) is 20.2 Å². The third-order valence-electron chi connectivity index (χ3n) is 2.79. The van der Waals surface area contributed by atoms with Gasteiger partial charge in [0.05, 0.1) is 21.5 Å². The fourth-order valence-electron chi connectivity index (χ4n) is 1.73. The van der Waals surface area contributed by atoms with Crippen LogP contribution in [0.15, 0.2) is 36.4 Å². The molecular weight excluding hydrogens is 349 g/mol. The topological polar surface area (TPSA) is 115 Å². The van der Waals surface area contributed by atoms with Crippen LogP contribution >= 0.6 is 23.2 Å². The van der Waals surface area contributed by atoms with Crippen molar-refractivity contribution in [3.05, 3.63) is 72.2 Å². The highest BCUT2D eigenvalue weighted by Crippen LogP contribution is 2.33. The summed E-state index contributed by atoms with van der Waals surface area (Å²) in [5, 5.41) is 24.2. The molecule has 0 saturated heterocycles. The number of anilines is 1. The van der Waals surface area contributed by atoms with Gasteiger partial charge in [-0.15, -0.1) is 0 Å². The van der Waals surface area contributed by atoms with Crippen molar-refractivity contribution in [2.75, 3.05) is 5.32 Å². The van der Waals surface area contributed by atoms with Gasteiger partial charge in [0.2, 0.25) is 0 Å². The van der Waals surface area contributed by atoms with Gasteiger partial charge in [-0.3, -0.25) is 25.0 Å². The third-order valence-corrected chi connectivity index (χ3v) is 3.44. The molecule has 23 heavy (non-hydrogen) atoms. The summed E-state index contributed by atoms with van der Waals surface area (Å²) in [4.78, 5) is 32.2. The van der Waals surface area contributed by atoms with E-state index < -0.39 is 32.2 Å². The normalized spacial score (nSPS) is 10.2. The molecule has 0 fully saturated rings. The summed E-state index contributed by atoms with van der Waals surface area (Å²) >= 11 is 11.5. The molecule has 0 radical (unpaired) electrons. The van der Waals surface area contributed by atoms with E-state index in [4.69, 9.17) is 23.2 Å². The molecule has 1 amide bonds. The molecule has 0 aliphatic rings. The van der Waals surface area contributed by atoms with Crippen LogP contribution < -0.4 is 5.32 Å². The van der Waals surface area contributed by atoms with Crippen LogP contribution in [-0.2, 0) is 0 Å². The summed E-state index contributed by atoms with van der Waals surface area (Å²) in [5.74, 6) is -0.816. The molecule has 0 aliphatic heterocycles. The number of amides is 1. The molecular formula is C13H7Cl2N3O5. The van der Waals surface area contributed by atoms with Gasteiger partial charge in [-0.1, -0.05) is 23.2 Å². The second-order valence-electron chi connectivity index (χ2n) is 4.30. The molecule has 0 heterocycles. The zero-order valence-corrected chi connectivity index (χ0v) is 12.7. The van der Waals surface area contributed by atoms with Crippen molar-refractivity contribution in [3.8, 4) is 0 Å². The lowest BCUT2D eigenvalue weighted by molar-refractivity contribution is -0.394. The van der Waals surface area contributed by atoms with Crippen molar-refractivity contribution >= 4 is 46.2 Å². The number of carbonyl (C=O) groups is 1. The van der Waals surface area contributed by atoms with Crippen LogP contribution in [0.4, 0.5) is 17.1 Å². The maximum Gasteiger partial charge on any atom is 0.295 e. The highest BCUT2D eigenvalue weighted by Gasteiger charge is 2.26. The van der Waals surface area contributed by atoms with Crippen molar-refractivity contribution in [2.24, 2.45) is 0 Å². The molecule has 2 aromatic rings. The van der Waals surface area contributed by atoms with Crippen LogP contribution in [0.3, 0.4) is 0 Å². The molecule has 0 atom stereocenters. The van der Waals surface area contributed by atoms with Gasteiger partial charge in [0, 0.05) is 16.8 Å². The minimum absolute atomic E-state index is 0.352. The Morgan fingerprint density at radius 3 is 2.13 bits per heavy atom. The quantitative estimate of drug-likeness (QED) is 0.655. The summed E-state index contributed by atoms with van der Waals surface area (Å²) in [6.45, 7) is 0. The highest BCUT2D eigenvalue weighted by atomic mass is 35.5. The summed E-state index contributed by atoms with van der Waals surface area (Å²) < 4.78 is 0. The first-order chi connectivity index (χ1) is 10.8. The number of benzene rings is 2. The fraction of sp³-hybridized carbons (Fsp3) is 0. The number of hydrogen-bond donors (Lipinski definition) is 1.